The molecule has 6 heteroatoms. The van der Waals surface area contributed by atoms with Gasteiger partial charge in [0.15, 0.2) is 5.82 Å². The van der Waals surface area contributed by atoms with E-state index in [9.17, 15) is 18.0 Å². The van der Waals surface area contributed by atoms with Crippen LogP contribution in [0.5, 0.6) is 0 Å². The van der Waals surface area contributed by atoms with Crippen molar-refractivity contribution in [1.29, 1.82) is 0 Å². The van der Waals surface area contributed by atoms with Gasteiger partial charge in [0, 0.05) is 11.8 Å². The van der Waals surface area contributed by atoms with Crippen molar-refractivity contribution in [2.45, 2.75) is 13.0 Å². The first-order chi connectivity index (χ1) is 9.49. The third-order valence-electron chi connectivity index (χ3n) is 2.79. The summed E-state index contributed by atoms with van der Waals surface area (Å²) in [5.74, 6) is -2.76. The minimum absolute atomic E-state index is 0.00665. The lowest BCUT2D eigenvalue weighted by molar-refractivity contribution is 0.0935. The van der Waals surface area contributed by atoms with Gasteiger partial charge >= 0.3 is 0 Å². The number of hydrogen-bond donors (Lipinski definition) is 1. The Labute approximate surface area is 113 Å². The van der Waals surface area contributed by atoms with Gasteiger partial charge in [-0.05, 0) is 31.2 Å². The first kappa shape index (κ1) is 14.0. The third kappa shape index (κ3) is 2.96. The second-order valence-corrected chi connectivity index (χ2v) is 4.22. The molecule has 1 heterocycles. The molecule has 0 aliphatic carbocycles. The van der Waals surface area contributed by atoms with Crippen LogP contribution in [-0.2, 0) is 0 Å². The summed E-state index contributed by atoms with van der Waals surface area (Å²) in [5, 5.41) is 2.41. The summed E-state index contributed by atoms with van der Waals surface area (Å²) < 4.78 is 40.0. The number of aromatic nitrogens is 1. The lowest BCUT2D eigenvalue weighted by Gasteiger charge is -2.15. The zero-order valence-corrected chi connectivity index (χ0v) is 10.5. The molecule has 0 saturated heterocycles. The van der Waals surface area contributed by atoms with Crippen LogP contribution >= 0.6 is 0 Å². The molecule has 1 atom stereocenters. The fraction of sp³-hybridized carbons (Fsp3) is 0.143. The van der Waals surface area contributed by atoms with Gasteiger partial charge in [-0.15, -0.1) is 0 Å². The number of benzene rings is 1. The van der Waals surface area contributed by atoms with E-state index in [4.69, 9.17) is 0 Å². The zero-order valence-electron chi connectivity index (χ0n) is 10.5. The first-order valence-electron chi connectivity index (χ1n) is 5.84. The van der Waals surface area contributed by atoms with Crippen LogP contribution in [0.1, 0.15) is 28.9 Å². The maximum absolute atomic E-state index is 13.6. The minimum atomic E-state index is -0.800. The number of nitrogens with one attached hydrogen (secondary N) is 1. The normalized spacial score (nSPS) is 12.0. The van der Waals surface area contributed by atoms with E-state index in [1.54, 1.807) is 0 Å². The van der Waals surface area contributed by atoms with Crippen molar-refractivity contribution in [3.05, 3.63) is 65.2 Å². The number of pyridine rings is 1. The zero-order chi connectivity index (χ0) is 14.7. The number of amides is 1. The summed E-state index contributed by atoms with van der Waals surface area (Å²) >= 11 is 0. The van der Waals surface area contributed by atoms with E-state index in [1.807, 2.05) is 0 Å². The molecule has 1 amide bonds. The SMILES string of the molecule is CC(NC(=O)c1ccncc1F)c1cc(F)ccc1F. The number of carbonyl (C=O) groups is 1. The summed E-state index contributed by atoms with van der Waals surface area (Å²) in [6.45, 7) is 1.48. The van der Waals surface area contributed by atoms with Gasteiger partial charge in [0.1, 0.15) is 11.6 Å². The van der Waals surface area contributed by atoms with E-state index < -0.39 is 29.4 Å². The molecule has 3 nitrogen and oxygen atoms in total. The molecule has 0 radical (unpaired) electrons. The number of hydrogen-bond acceptors (Lipinski definition) is 2. The molecule has 0 aliphatic heterocycles. The average Bonchev–Trinajstić information content (AvgIpc) is 2.41. The van der Waals surface area contributed by atoms with Gasteiger partial charge < -0.3 is 5.32 Å². The molecule has 2 rings (SSSR count). The van der Waals surface area contributed by atoms with E-state index in [0.29, 0.717) is 0 Å². The van der Waals surface area contributed by atoms with Crippen molar-refractivity contribution < 1.29 is 18.0 Å². The maximum Gasteiger partial charge on any atom is 0.254 e. The summed E-state index contributed by atoms with van der Waals surface area (Å²) in [6, 6.07) is 3.35. The highest BCUT2D eigenvalue weighted by Gasteiger charge is 2.17. The van der Waals surface area contributed by atoms with Crippen LogP contribution in [0.25, 0.3) is 0 Å². The smallest absolute Gasteiger partial charge is 0.254 e. The molecule has 1 aromatic heterocycles. The molecular formula is C14H11F3N2O. The van der Waals surface area contributed by atoms with E-state index in [0.717, 1.165) is 24.4 Å². The Hall–Kier alpha value is -2.37. The molecular weight excluding hydrogens is 269 g/mol. The van der Waals surface area contributed by atoms with Crippen LogP contribution in [-0.4, -0.2) is 10.9 Å². The van der Waals surface area contributed by atoms with Crippen LogP contribution in [0.15, 0.2) is 36.7 Å². The number of rotatable bonds is 3. The molecule has 1 unspecified atom stereocenters. The van der Waals surface area contributed by atoms with E-state index in [2.05, 4.69) is 10.3 Å². The Kier molecular flexibility index (Phi) is 4.02. The highest BCUT2D eigenvalue weighted by atomic mass is 19.1. The topological polar surface area (TPSA) is 42.0 Å². The van der Waals surface area contributed by atoms with Gasteiger partial charge in [0.2, 0.25) is 0 Å². The maximum atomic E-state index is 13.6. The summed E-state index contributed by atoms with van der Waals surface area (Å²) in [4.78, 5) is 15.4. The number of carbonyl (C=O) groups excluding carboxylic acids is 1. The molecule has 0 fully saturated rings. The Bertz CT molecular complexity index is 646. The van der Waals surface area contributed by atoms with Crippen molar-refractivity contribution in [1.82, 2.24) is 10.3 Å². The molecule has 0 aliphatic rings. The predicted molar refractivity (Wildman–Crippen MR) is 66.4 cm³/mol. The fourth-order valence-electron chi connectivity index (χ4n) is 1.76. The molecule has 1 aromatic carbocycles. The highest BCUT2D eigenvalue weighted by Crippen LogP contribution is 2.18. The Balaban J connectivity index is 2.19. The molecule has 0 spiro atoms. The fourth-order valence-corrected chi connectivity index (χ4v) is 1.76. The van der Waals surface area contributed by atoms with Crippen LogP contribution in [0.2, 0.25) is 0 Å². The third-order valence-corrected chi connectivity index (χ3v) is 2.79. The second-order valence-electron chi connectivity index (χ2n) is 4.22. The summed E-state index contributed by atoms with van der Waals surface area (Å²) in [6.07, 6.45) is 2.17. The minimum Gasteiger partial charge on any atom is -0.345 e. The first-order valence-corrected chi connectivity index (χ1v) is 5.84. The monoisotopic (exact) mass is 280 g/mol. The lowest BCUT2D eigenvalue weighted by Crippen LogP contribution is -2.28. The second kappa shape index (κ2) is 5.73. The molecule has 104 valence electrons. The van der Waals surface area contributed by atoms with Crippen molar-refractivity contribution in [2.75, 3.05) is 0 Å². The van der Waals surface area contributed by atoms with Gasteiger partial charge in [-0.1, -0.05) is 0 Å². The summed E-state index contributed by atoms with van der Waals surface area (Å²) in [5.41, 5.74) is -0.212. The molecule has 0 bridgehead atoms. The van der Waals surface area contributed by atoms with Crippen LogP contribution in [0, 0.1) is 17.5 Å². The van der Waals surface area contributed by atoms with Gasteiger partial charge in [-0.25, -0.2) is 13.2 Å². The van der Waals surface area contributed by atoms with Crippen molar-refractivity contribution in [2.24, 2.45) is 0 Å². The van der Waals surface area contributed by atoms with Crippen molar-refractivity contribution in [3.8, 4) is 0 Å². The quantitative estimate of drug-likeness (QED) is 0.939. The van der Waals surface area contributed by atoms with Gasteiger partial charge in [0.05, 0.1) is 17.8 Å². The Morgan fingerprint density at radius 1 is 1.20 bits per heavy atom. The Morgan fingerprint density at radius 3 is 2.65 bits per heavy atom. The predicted octanol–water partition coefficient (Wildman–Crippen LogP) is 2.99. The van der Waals surface area contributed by atoms with E-state index in [1.165, 1.54) is 19.2 Å². The van der Waals surface area contributed by atoms with Gasteiger partial charge in [-0.3, -0.25) is 9.78 Å². The van der Waals surface area contributed by atoms with Gasteiger partial charge in [0.25, 0.3) is 5.91 Å². The molecule has 20 heavy (non-hydrogen) atoms. The van der Waals surface area contributed by atoms with Gasteiger partial charge in [-0.2, -0.15) is 0 Å². The average molecular weight is 280 g/mol. The molecule has 2 aromatic rings. The largest absolute Gasteiger partial charge is 0.345 e. The number of halogens is 3. The van der Waals surface area contributed by atoms with Crippen LogP contribution in [0.4, 0.5) is 13.2 Å². The van der Waals surface area contributed by atoms with Crippen molar-refractivity contribution in [3.63, 3.8) is 0 Å². The van der Waals surface area contributed by atoms with E-state index in [-0.39, 0.29) is 11.1 Å². The van der Waals surface area contributed by atoms with E-state index >= 15 is 0 Å². The molecule has 0 saturated carbocycles. The van der Waals surface area contributed by atoms with Crippen LogP contribution < -0.4 is 5.32 Å². The lowest BCUT2D eigenvalue weighted by atomic mass is 10.1. The standard InChI is InChI=1S/C14H11F3N2O/c1-8(11-6-9(15)2-3-12(11)16)19-14(20)10-4-5-18-7-13(10)17/h2-8H,1H3,(H,19,20). The summed E-state index contributed by atoms with van der Waals surface area (Å²) in [7, 11) is 0. The van der Waals surface area contributed by atoms with Crippen molar-refractivity contribution >= 4 is 5.91 Å². The highest BCUT2D eigenvalue weighted by molar-refractivity contribution is 5.94. The molecule has 1 N–H and O–H groups in total. The Morgan fingerprint density at radius 2 is 1.95 bits per heavy atom. The number of nitrogens with zero attached hydrogens (tertiary/aromatic N) is 1. The van der Waals surface area contributed by atoms with Crippen LogP contribution in [0.3, 0.4) is 0 Å².